The first kappa shape index (κ1) is 33.8. The van der Waals surface area contributed by atoms with E-state index in [2.05, 4.69) is 83.3 Å². The largest absolute Gasteiger partial charge is 0.352 e. The summed E-state index contributed by atoms with van der Waals surface area (Å²) in [6.45, 7) is 5.21. The summed E-state index contributed by atoms with van der Waals surface area (Å²) in [7, 11) is 0. The highest BCUT2D eigenvalue weighted by atomic mass is 127. The van der Waals surface area contributed by atoms with E-state index in [9.17, 15) is 0 Å². The maximum absolute atomic E-state index is 6.10. The van der Waals surface area contributed by atoms with Crippen LogP contribution < -0.4 is 0 Å². The van der Waals surface area contributed by atoms with Gasteiger partial charge in [-0.15, -0.1) is 0 Å². The average Bonchev–Trinajstić information content (AvgIpc) is 2.82. The molecule has 2 atom stereocenters. The van der Waals surface area contributed by atoms with Crippen molar-refractivity contribution in [1.82, 2.24) is 0 Å². The van der Waals surface area contributed by atoms with Crippen LogP contribution in [0, 0.1) is 0 Å². The third-order valence-electron chi connectivity index (χ3n) is 5.73. The first-order valence-corrected chi connectivity index (χ1v) is 16.6. The molecule has 0 aliphatic heterocycles. The zero-order valence-electron chi connectivity index (χ0n) is 21.6. The molecule has 0 saturated carbocycles. The van der Waals surface area contributed by atoms with Gasteiger partial charge in [-0.3, -0.25) is 0 Å². The van der Waals surface area contributed by atoms with Crippen molar-refractivity contribution < 1.29 is 14.2 Å². The number of ether oxygens (including phenoxy) is 3. The van der Waals surface area contributed by atoms with Gasteiger partial charge in [-0.05, 0) is 51.4 Å². The van der Waals surface area contributed by atoms with Crippen LogP contribution >= 0.6 is 45.2 Å². The third kappa shape index (κ3) is 25.7. The molecule has 0 rings (SSSR count). The molecule has 0 heterocycles. The maximum Gasteiger partial charge on any atom is 0.149 e. The second-order valence-corrected chi connectivity index (χ2v) is 10.9. The van der Waals surface area contributed by atoms with Crippen LogP contribution in [-0.4, -0.2) is 34.6 Å². The molecule has 0 aromatic heterocycles. The molecule has 0 aliphatic carbocycles. The summed E-state index contributed by atoms with van der Waals surface area (Å²) in [6.07, 6.45) is 29.0. The second-order valence-electron chi connectivity index (χ2n) is 8.77. The molecule has 0 spiro atoms. The standard InChI is InChI=1S/C28H52I2O3/c1-3-5-7-13-19-27(21-15-9-11-17-23-29)32-25-31-26-33-28(20-14-8-6-4-2)22-16-10-12-18-24-30/h9-12,27-28H,3-8,13-26H2,1-2H3/b11-9-,12-10-. The van der Waals surface area contributed by atoms with Crippen molar-refractivity contribution in [3.8, 4) is 0 Å². The molecule has 0 aromatic rings. The minimum absolute atomic E-state index is 0.291. The van der Waals surface area contributed by atoms with Gasteiger partial charge in [0.1, 0.15) is 13.6 Å². The summed E-state index contributed by atoms with van der Waals surface area (Å²) < 4.78 is 20.3. The topological polar surface area (TPSA) is 27.7 Å². The highest BCUT2D eigenvalue weighted by Gasteiger charge is 2.10. The molecule has 0 saturated heterocycles. The van der Waals surface area contributed by atoms with Crippen LogP contribution in [0.25, 0.3) is 0 Å². The quantitative estimate of drug-likeness (QED) is 0.0298. The fourth-order valence-electron chi connectivity index (χ4n) is 3.70. The SMILES string of the molecule is CCCCCCC(CC/C=C\CCI)OCOCOC(CC/C=C\CCI)CCCCCC. The summed E-state index contributed by atoms with van der Waals surface area (Å²) >= 11 is 4.85. The molecule has 5 heteroatoms. The van der Waals surface area contributed by atoms with Gasteiger partial charge in [-0.2, -0.15) is 0 Å². The van der Waals surface area contributed by atoms with E-state index in [1.165, 1.54) is 60.2 Å². The van der Waals surface area contributed by atoms with Crippen LogP contribution in [-0.2, 0) is 14.2 Å². The van der Waals surface area contributed by atoms with Crippen molar-refractivity contribution in [3.63, 3.8) is 0 Å². The number of alkyl halides is 2. The molecular formula is C28H52I2O3. The maximum atomic E-state index is 6.10. The predicted molar refractivity (Wildman–Crippen MR) is 162 cm³/mol. The highest BCUT2D eigenvalue weighted by molar-refractivity contribution is 14.1. The van der Waals surface area contributed by atoms with Crippen molar-refractivity contribution in [2.75, 3.05) is 22.4 Å². The Bertz CT molecular complexity index is 391. The first-order chi connectivity index (χ1) is 16.3. The molecule has 0 aliphatic rings. The van der Waals surface area contributed by atoms with E-state index >= 15 is 0 Å². The van der Waals surface area contributed by atoms with Crippen LogP contribution in [0.3, 0.4) is 0 Å². The molecular weight excluding hydrogens is 638 g/mol. The smallest absolute Gasteiger partial charge is 0.149 e. The monoisotopic (exact) mass is 690 g/mol. The van der Waals surface area contributed by atoms with E-state index in [-0.39, 0.29) is 0 Å². The number of rotatable bonds is 26. The minimum Gasteiger partial charge on any atom is -0.352 e. The van der Waals surface area contributed by atoms with Crippen molar-refractivity contribution >= 4 is 45.2 Å². The van der Waals surface area contributed by atoms with Gasteiger partial charge in [0, 0.05) is 8.86 Å². The Morgan fingerprint density at radius 1 is 0.545 bits per heavy atom. The van der Waals surface area contributed by atoms with Gasteiger partial charge in [0.05, 0.1) is 12.2 Å². The van der Waals surface area contributed by atoms with Gasteiger partial charge in [-0.1, -0.05) is 135 Å². The molecule has 0 fully saturated rings. The summed E-state index contributed by atoms with van der Waals surface area (Å²) in [5.74, 6) is 0. The zero-order valence-corrected chi connectivity index (χ0v) is 25.9. The number of hydrogen-bond acceptors (Lipinski definition) is 3. The van der Waals surface area contributed by atoms with E-state index in [4.69, 9.17) is 14.2 Å². The van der Waals surface area contributed by atoms with E-state index in [1.54, 1.807) is 0 Å². The molecule has 3 nitrogen and oxygen atoms in total. The number of halogens is 2. The molecule has 33 heavy (non-hydrogen) atoms. The molecule has 0 radical (unpaired) electrons. The lowest BCUT2D eigenvalue weighted by atomic mass is 10.1. The predicted octanol–water partition coefficient (Wildman–Crippen LogP) is 9.95. The fraction of sp³-hybridized carbons (Fsp3) is 0.857. The number of allylic oxidation sites excluding steroid dienone is 4. The van der Waals surface area contributed by atoms with Crippen LogP contribution in [0.2, 0.25) is 0 Å². The van der Waals surface area contributed by atoms with Crippen LogP contribution in [0.15, 0.2) is 24.3 Å². The Kier molecular flexibility index (Phi) is 29.8. The average molecular weight is 691 g/mol. The van der Waals surface area contributed by atoms with Crippen LogP contribution in [0.4, 0.5) is 0 Å². The van der Waals surface area contributed by atoms with E-state index in [0.717, 1.165) is 51.4 Å². The Labute approximate surface area is 233 Å². The van der Waals surface area contributed by atoms with Gasteiger partial charge in [0.15, 0.2) is 0 Å². The van der Waals surface area contributed by atoms with Crippen molar-refractivity contribution in [2.24, 2.45) is 0 Å². The Hall–Kier alpha value is 0.820. The van der Waals surface area contributed by atoms with Gasteiger partial charge in [0.2, 0.25) is 0 Å². The molecule has 0 aromatic carbocycles. The third-order valence-corrected chi connectivity index (χ3v) is 6.97. The Morgan fingerprint density at radius 2 is 0.970 bits per heavy atom. The summed E-state index contributed by atoms with van der Waals surface area (Å²) in [5.41, 5.74) is 0. The van der Waals surface area contributed by atoms with E-state index in [1.807, 2.05) is 0 Å². The summed E-state index contributed by atoms with van der Waals surface area (Å²) in [4.78, 5) is 0. The van der Waals surface area contributed by atoms with Gasteiger partial charge < -0.3 is 14.2 Å². The number of hydrogen-bond donors (Lipinski definition) is 0. The molecule has 0 N–H and O–H groups in total. The Morgan fingerprint density at radius 3 is 1.36 bits per heavy atom. The molecule has 0 bridgehead atoms. The van der Waals surface area contributed by atoms with Gasteiger partial charge in [-0.25, -0.2) is 0 Å². The second kappa shape index (κ2) is 29.1. The lowest BCUT2D eigenvalue weighted by Gasteiger charge is -2.20. The van der Waals surface area contributed by atoms with Crippen molar-refractivity contribution in [2.45, 2.75) is 129 Å². The highest BCUT2D eigenvalue weighted by Crippen LogP contribution is 2.16. The van der Waals surface area contributed by atoms with Crippen molar-refractivity contribution in [1.29, 1.82) is 0 Å². The normalized spacial score (nSPS) is 13.9. The van der Waals surface area contributed by atoms with Crippen molar-refractivity contribution in [3.05, 3.63) is 24.3 Å². The summed E-state index contributed by atoms with van der Waals surface area (Å²) in [5, 5.41) is 0. The van der Waals surface area contributed by atoms with E-state index < -0.39 is 0 Å². The lowest BCUT2D eigenvalue weighted by Crippen LogP contribution is -2.19. The van der Waals surface area contributed by atoms with Gasteiger partial charge >= 0.3 is 0 Å². The summed E-state index contributed by atoms with van der Waals surface area (Å²) in [6, 6.07) is 0. The molecule has 0 amide bonds. The lowest BCUT2D eigenvalue weighted by molar-refractivity contribution is -0.167. The van der Waals surface area contributed by atoms with Crippen LogP contribution in [0.1, 0.15) is 117 Å². The molecule has 196 valence electrons. The number of unbranched alkanes of at least 4 members (excludes halogenated alkanes) is 6. The molecule has 2 unspecified atom stereocenters. The first-order valence-electron chi connectivity index (χ1n) is 13.5. The van der Waals surface area contributed by atoms with E-state index in [0.29, 0.717) is 25.8 Å². The zero-order chi connectivity index (χ0) is 24.2. The Balaban J connectivity index is 4.25. The van der Waals surface area contributed by atoms with Crippen LogP contribution in [0.5, 0.6) is 0 Å². The minimum atomic E-state index is 0.291. The fourth-order valence-corrected chi connectivity index (χ4v) is 4.42. The van der Waals surface area contributed by atoms with Gasteiger partial charge in [0.25, 0.3) is 0 Å².